The van der Waals surface area contributed by atoms with Crippen molar-refractivity contribution in [1.29, 1.82) is 0 Å². The van der Waals surface area contributed by atoms with E-state index in [1.165, 1.54) is 25.7 Å². The molecule has 1 aromatic heterocycles. The fourth-order valence-corrected chi connectivity index (χ4v) is 2.27. The third-order valence-corrected chi connectivity index (χ3v) is 3.16. The van der Waals surface area contributed by atoms with Crippen LogP contribution in [0.3, 0.4) is 0 Å². The number of anilines is 1. The van der Waals surface area contributed by atoms with E-state index in [4.69, 9.17) is 0 Å². The molecule has 0 amide bonds. The molecule has 17 heavy (non-hydrogen) atoms. The molecular formula is C12H15N5. The highest BCUT2D eigenvalue weighted by atomic mass is 15.6. The van der Waals surface area contributed by atoms with Gasteiger partial charge in [-0.15, -0.1) is 0 Å². The van der Waals surface area contributed by atoms with Crippen molar-refractivity contribution in [2.45, 2.75) is 31.7 Å². The molecule has 5 nitrogen and oxygen atoms in total. The molecule has 0 saturated heterocycles. The summed E-state index contributed by atoms with van der Waals surface area (Å²) in [4.78, 5) is 0. The molecule has 2 aromatic rings. The molecule has 5 heteroatoms. The van der Waals surface area contributed by atoms with Crippen LogP contribution in [-0.4, -0.2) is 26.2 Å². The Bertz CT molecular complexity index is 473. The summed E-state index contributed by atoms with van der Waals surface area (Å²) >= 11 is 0. The number of nitrogens with one attached hydrogen (secondary N) is 1. The maximum Gasteiger partial charge on any atom is 0.247 e. The zero-order valence-corrected chi connectivity index (χ0v) is 9.58. The van der Waals surface area contributed by atoms with Gasteiger partial charge in [-0.05, 0) is 35.4 Å². The molecule has 1 N–H and O–H groups in total. The summed E-state index contributed by atoms with van der Waals surface area (Å²) in [6, 6.07) is 10.5. The number of hydrogen-bond donors (Lipinski definition) is 1. The minimum absolute atomic E-state index is 0.517. The highest BCUT2D eigenvalue weighted by molar-refractivity contribution is 5.38. The van der Waals surface area contributed by atoms with Crippen LogP contribution in [0.25, 0.3) is 5.69 Å². The number of hydrogen-bond acceptors (Lipinski definition) is 4. The number of tetrazole rings is 1. The smallest absolute Gasteiger partial charge is 0.247 e. The Kier molecular flexibility index (Phi) is 2.73. The summed E-state index contributed by atoms with van der Waals surface area (Å²) in [6.07, 6.45) is 5.01. The van der Waals surface area contributed by atoms with Gasteiger partial charge in [0.25, 0.3) is 0 Å². The van der Waals surface area contributed by atoms with E-state index in [0.29, 0.717) is 6.04 Å². The predicted octanol–water partition coefficient (Wildman–Crippen LogP) is 2.02. The minimum Gasteiger partial charge on any atom is -0.350 e. The molecule has 0 bridgehead atoms. The highest BCUT2D eigenvalue weighted by Crippen LogP contribution is 2.21. The Morgan fingerprint density at radius 1 is 1.12 bits per heavy atom. The SMILES string of the molecule is c1ccc(-n2nnnc2NC2CCCC2)cc1. The van der Waals surface area contributed by atoms with Gasteiger partial charge >= 0.3 is 0 Å². The average molecular weight is 229 g/mol. The number of aromatic nitrogens is 4. The Hall–Kier alpha value is -1.91. The molecule has 1 aliphatic carbocycles. The van der Waals surface area contributed by atoms with Crippen LogP contribution in [0.5, 0.6) is 0 Å². The van der Waals surface area contributed by atoms with E-state index in [2.05, 4.69) is 20.8 Å². The molecule has 0 spiro atoms. The number of nitrogens with zero attached hydrogens (tertiary/aromatic N) is 4. The second kappa shape index (κ2) is 4.53. The van der Waals surface area contributed by atoms with Gasteiger partial charge in [0.1, 0.15) is 0 Å². The lowest BCUT2D eigenvalue weighted by atomic mass is 10.2. The van der Waals surface area contributed by atoms with Gasteiger partial charge in [-0.3, -0.25) is 0 Å². The van der Waals surface area contributed by atoms with Gasteiger partial charge in [0.2, 0.25) is 5.95 Å². The van der Waals surface area contributed by atoms with Crippen molar-refractivity contribution in [2.24, 2.45) is 0 Å². The van der Waals surface area contributed by atoms with Crippen molar-refractivity contribution >= 4 is 5.95 Å². The third kappa shape index (κ3) is 2.13. The topological polar surface area (TPSA) is 55.6 Å². The third-order valence-electron chi connectivity index (χ3n) is 3.16. The fraction of sp³-hybridized carbons (Fsp3) is 0.417. The van der Waals surface area contributed by atoms with E-state index in [1.54, 1.807) is 4.68 Å². The zero-order chi connectivity index (χ0) is 11.5. The highest BCUT2D eigenvalue weighted by Gasteiger charge is 2.17. The van der Waals surface area contributed by atoms with Gasteiger partial charge in [0.15, 0.2) is 0 Å². The molecule has 88 valence electrons. The van der Waals surface area contributed by atoms with Crippen molar-refractivity contribution in [3.8, 4) is 5.69 Å². The molecule has 1 fully saturated rings. The van der Waals surface area contributed by atoms with Crippen LogP contribution in [0.1, 0.15) is 25.7 Å². The first-order valence-corrected chi connectivity index (χ1v) is 6.04. The second-order valence-electron chi connectivity index (χ2n) is 4.38. The molecule has 0 radical (unpaired) electrons. The van der Waals surface area contributed by atoms with Crippen LogP contribution < -0.4 is 5.32 Å². The Balaban J connectivity index is 1.84. The van der Waals surface area contributed by atoms with Gasteiger partial charge in [0.05, 0.1) is 5.69 Å². The van der Waals surface area contributed by atoms with Crippen LogP contribution in [0, 0.1) is 0 Å². The van der Waals surface area contributed by atoms with Gasteiger partial charge in [-0.1, -0.05) is 36.1 Å². The number of rotatable bonds is 3. The van der Waals surface area contributed by atoms with Crippen molar-refractivity contribution in [1.82, 2.24) is 20.2 Å². The summed E-state index contributed by atoms with van der Waals surface area (Å²) < 4.78 is 1.75. The van der Waals surface area contributed by atoms with E-state index >= 15 is 0 Å². The van der Waals surface area contributed by atoms with Crippen molar-refractivity contribution in [3.63, 3.8) is 0 Å². The monoisotopic (exact) mass is 229 g/mol. The molecule has 1 saturated carbocycles. The molecule has 0 unspecified atom stereocenters. The summed E-state index contributed by atoms with van der Waals surface area (Å²) in [5.74, 6) is 0.739. The summed E-state index contributed by atoms with van der Waals surface area (Å²) in [5.41, 5.74) is 0.984. The average Bonchev–Trinajstić information content (AvgIpc) is 3.02. The number of benzene rings is 1. The second-order valence-corrected chi connectivity index (χ2v) is 4.38. The van der Waals surface area contributed by atoms with Crippen LogP contribution >= 0.6 is 0 Å². The first kappa shape index (κ1) is 10.3. The first-order valence-electron chi connectivity index (χ1n) is 6.04. The lowest BCUT2D eigenvalue weighted by molar-refractivity contribution is 0.730. The van der Waals surface area contributed by atoms with E-state index in [0.717, 1.165) is 11.6 Å². The zero-order valence-electron chi connectivity index (χ0n) is 9.58. The summed E-state index contributed by atoms with van der Waals surface area (Å²) in [5, 5.41) is 15.2. The van der Waals surface area contributed by atoms with Crippen molar-refractivity contribution in [2.75, 3.05) is 5.32 Å². The Labute approximate surface area is 99.8 Å². The molecule has 1 aromatic carbocycles. The number of para-hydroxylation sites is 1. The molecule has 1 heterocycles. The molecule has 1 aliphatic rings. The van der Waals surface area contributed by atoms with E-state index in [9.17, 15) is 0 Å². The largest absolute Gasteiger partial charge is 0.350 e. The maximum absolute atomic E-state index is 4.05. The van der Waals surface area contributed by atoms with Crippen LogP contribution in [0.4, 0.5) is 5.95 Å². The fourth-order valence-electron chi connectivity index (χ4n) is 2.27. The standard InChI is InChI=1S/C12H15N5/c1-2-8-11(9-3-1)17-12(14-15-16-17)13-10-6-4-5-7-10/h1-3,8-10H,4-7H2,(H,13,14,16). The van der Waals surface area contributed by atoms with E-state index < -0.39 is 0 Å². The van der Waals surface area contributed by atoms with Crippen LogP contribution in [-0.2, 0) is 0 Å². The maximum atomic E-state index is 4.05. The summed E-state index contributed by atoms with van der Waals surface area (Å²) in [6.45, 7) is 0. The van der Waals surface area contributed by atoms with Crippen molar-refractivity contribution in [3.05, 3.63) is 30.3 Å². The minimum atomic E-state index is 0.517. The lowest BCUT2D eigenvalue weighted by Crippen LogP contribution is -2.18. The molecular weight excluding hydrogens is 214 g/mol. The first-order chi connectivity index (χ1) is 8.43. The molecule has 3 rings (SSSR count). The van der Waals surface area contributed by atoms with Crippen molar-refractivity contribution < 1.29 is 0 Å². The van der Waals surface area contributed by atoms with Crippen LogP contribution in [0.2, 0.25) is 0 Å². The normalized spacial score (nSPS) is 16.2. The van der Waals surface area contributed by atoms with E-state index in [-0.39, 0.29) is 0 Å². The lowest BCUT2D eigenvalue weighted by Gasteiger charge is -2.12. The van der Waals surface area contributed by atoms with E-state index in [1.807, 2.05) is 30.3 Å². The Morgan fingerprint density at radius 2 is 1.88 bits per heavy atom. The van der Waals surface area contributed by atoms with Gasteiger partial charge in [-0.2, -0.15) is 4.68 Å². The molecule has 0 aliphatic heterocycles. The quantitative estimate of drug-likeness (QED) is 0.874. The van der Waals surface area contributed by atoms with Crippen LogP contribution in [0.15, 0.2) is 30.3 Å². The Morgan fingerprint density at radius 3 is 2.65 bits per heavy atom. The molecule has 0 atom stereocenters. The summed E-state index contributed by atoms with van der Waals surface area (Å²) in [7, 11) is 0. The van der Waals surface area contributed by atoms with Gasteiger partial charge in [0, 0.05) is 6.04 Å². The van der Waals surface area contributed by atoms with Gasteiger partial charge < -0.3 is 5.32 Å². The van der Waals surface area contributed by atoms with Gasteiger partial charge in [-0.25, -0.2) is 0 Å². The predicted molar refractivity (Wildman–Crippen MR) is 65.0 cm³/mol.